The third kappa shape index (κ3) is 4.68. The van der Waals surface area contributed by atoms with E-state index in [-0.39, 0.29) is 10.5 Å². The molecule has 3 rings (SSSR count). The molecule has 0 unspecified atom stereocenters. The summed E-state index contributed by atoms with van der Waals surface area (Å²) < 4.78 is 37.0. The first-order chi connectivity index (χ1) is 13.7. The number of rotatable bonds is 6. The van der Waals surface area contributed by atoms with Gasteiger partial charge in [-0.25, -0.2) is 13.2 Å². The van der Waals surface area contributed by atoms with E-state index < -0.39 is 28.0 Å². The zero-order valence-electron chi connectivity index (χ0n) is 16.6. The molecule has 2 heterocycles. The zero-order valence-corrected chi connectivity index (χ0v) is 17.4. The van der Waals surface area contributed by atoms with Crippen molar-refractivity contribution in [2.45, 2.75) is 44.6 Å². The summed E-state index contributed by atoms with van der Waals surface area (Å²) in [5.41, 5.74) is 0.687. The summed E-state index contributed by atoms with van der Waals surface area (Å²) in [6.45, 7) is 5.88. The number of carbonyl (C=O) groups is 2. The van der Waals surface area contributed by atoms with Crippen molar-refractivity contribution in [1.82, 2.24) is 4.31 Å². The smallest absolute Gasteiger partial charge is 0.342 e. The molecule has 2 aromatic rings. The van der Waals surface area contributed by atoms with Gasteiger partial charge in [-0.2, -0.15) is 4.31 Å². The molecular weight excluding hydrogens is 396 g/mol. The normalized spacial score (nSPS) is 15.8. The lowest BCUT2D eigenvalue weighted by atomic mass is 10.2. The first kappa shape index (κ1) is 21.1. The van der Waals surface area contributed by atoms with Crippen LogP contribution in [0.4, 0.5) is 5.69 Å². The summed E-state index contributed by atoms with van der Waals surface area (Å²) >= 11 is 0. The molecule has 1 saturated heterocycles. The number of amides is 1. The molecule has 1 atom stereocenters. The summed E-state index contributed by atoms with van der Waals surface area (Å²) in [5.74, 6) is -0.161. The number of furan rings is 1. The molecule has 1 aromatic heterocycles. The van der Waals surface area contributed by atoms with Gasteiger partial charge < -0.3 is 14.5 Å². The number of ether oxygens (including phenoxy) is 1. The van der Waals surface area contributed by atoms with Gasteiger partial charge in [0.2, 0.25) is 10.0 Å². The topological polar surface area (TPSA) is 106 Å². The van der Waals surface area contributed by atoms with Crippen molar-refractivity contribution < 1.29 is 27.2 Å². The Hall–Kier alpha value is -2.65. The van der Waals surface area contributed by atoms with Crippen LogP contribution >= 0.6 is 0 Å². The molecule has 1 amide bonds. The summed E-state index contributed by atoms with van der Waals surface area (Å²) in [6.07, 6.45) is 0.689. The van der Waals surface area contributed by atoms with E-state index in [4.69, 9.17) is 9.15 Å². The summed E-state index contributed by atoms with van der Waals surface area (Å²) in [4.78, 5) is 24.7. The summed E-state index contributed by atoms with van der Waals surface area (Å²) in [7, 11) is -3.51. The van der Waals surface area contributed by atoms with Crippen molar-refractivity contribution in [3.8, 4) is 0 Å². The van der Waals surface area contributed by atoms with Gasteiger partial charge in [0.25, 0.3) is 5.91 Å². The molecule has 1 aliphatic rings. The fourth-order valence-corrected chi connectivity index (χ4v) is 4.66. The van der Waals surface area contributed by atoms with Gasteiger partial charge in [0.15, 0.2) is 6.10 Å². The van der Waals surface area contributed by atoms with Gasteiger partial charge in [-0.3, -0.25) is 4.79 Å². The highest BCUT2D eigenvalue weighted by atomic mass is 32.2. The van der Waals surface area contributed by atoms with E-state index in [1.807, 2.05) is 0 Å². The highest BCUT2D eigenvalue weighted by Gasteiger charge is 2.27. The number of nitrogens with zero attached hydrogens (tertiary/aromatic N) is 1. The zero-order chi connectivity index (χ0) is 21.2. The van der Waals surface area contributed by atoms with Gasteiger partial charge >= 0.3 is 5.97 Å². The molecule has 0 spiro atoms. The molecule has 1 aromatic carbocycles. The maximum atomic E-state index is 12.5. The van der Waals surface area contributed by atoms with Gasteiger partial charge in [-0.15, -0.1) is 0 Å². The van der Waals surface area contributed by atoms with Crippen molar-refractivity contribution in [3.05, 3.63) is 47.4 Å². The van der Waals surface area contributed by atoms with Crippen molar-refractivity contribution >= 4 is 27.6 Å². The van der Waals surface area contributed by atoms with E-state index in [0.29, 0.717) is 30.3 Å². The molecule has 0 aliphatic carbocycles. The quantitative estimate of drug-likeness (QED) is 0.721. The van der Waals surface area contributed by atoms with Gasteiger partial charge in [-0.05, 0) is 63.9 Å². The van der Waals surface area contributed by atoms with E-state index in [9.17, 15) is 18.0 Å². The van der Waals surface area contributed by atoms with Gasteiger partial charge in [-0.1, -0.05) is 0 Å². The Bertz CT molecular complexity index is 1000. The van der Waals surface area contributed by atoms with Crippen LogP contribution in [0, 0.1) is 13.8 Å². The lowest BCUT2D eigenvalue weighted by Crippen LogP contribution is -2.30. The van der Waals surface area contributed by atoms with E-state index in [1.165, 1.54) is 35.5 Å². The second-order valence-corrected chi connectivity index (χ2v) is 8.94. The summed E-state index contributed by atoms with van der Waals surface area (Å²) in [6, 6.07) is 7.49. The monoisotopic (exact) mass is 420 g/mol. The number of esters is 1. The highest BCUT2D eigenvalue weighted by Crippen LogP contribution is 2.22. The molecule has 156 valence electrons. The maximum absolute atomic E-state index is 12.5. The first-order valence-corrected chi connectivity index (χ1v) is 10.8. The third-order valence-electron chi connectivity index (χ3n) is 4.74. The minimum Gasteiger partial charge on any atom is -0.466 e. The van der Waals surface area contributed by atoms with Crippen LogP contribution in [0.15, 0.2) is 39.6 Å². The van der Waals surface area contributed by atoms with Gasteiger partial charge in [0.05, 0.1) is 4.90 Å². The number of benzene rings is 1. The van der Waals surface area contributed by atoms with Crippen molar-refractivity contribution in [3.63, 3.8) is 0 Å². The predicted molar refractivity (Wildman–Crippen MR) is 106 cm³/mol. The fourth-order valence-electron chi connectivity index (χ4n) is 3.14. The highest BCUT2D eigenvalue weighted by molar-refractivity contribution is 7.89. The Balaban J connectivity index is 1.61. The average Bonchev–Trinajstić information content (AvgIpc) is 3.32. The van der Waals surface area contributed by atoms with Gasteiger partial charge in [0, 0.05) is 18.8 Å². The van der Waals surface area contributed by atoms with E-state index in [0.717, 1.165) is 12.8 Å². The fraction of sp³-hybridized carbons (Fsp3) is 0.400. The summed E-state index contributed by atoms with van der Waals surface area (Å²) in [5, 5.41) is 2.62. The van der Waals surface area contributed by atoms with E-state index >= 15 is 0 Å². The van der Waals surface area contributed by atoms with Crippen LogP contribution in [-0.4, -0.2) is 43.8 Å². The Morgan fingerprint density at radius 1 is 1.14 bits per heavy atom. The standard InChI is InChI=1S/C20H24N2O6S/c1-13-12-18(14(2)27-13)20(24)28-15(3)19(23)21-16-6-8-17(9-7-16)29(25,26)22-10-4-5-11-22/h6-9,12,15H,4-5,10-11H2,1-3H3,(H,21,23)/t15-/m1/s1. The second kappa shape index (κ2) is 8.38. The molecule has 29 heavy (non-hydrogen) atoms. The molecular formula is C20H24N2O6S. The number of carbonyl (C=O) groups excluding carboxylic acids is 2. The van der Waals surface area contributed by atoms with Crippen LogP contribution in [0.1, 0.15) is 41.6 Å². The van der Waals surface area contributed by atoms with Crippen LogP contribution in [0.5, 0.6) is 0 Å². The Morgan fingerprint density at radius 3 is 2.31 bits per heavy atom. The number of sulfonamides is 1. The molecule has 8 nitrogen and oxygen atoms in total. The Morgan fingerprint density at radius 2 is 1.76 bits per heavy atom. The minimum absolute atomic E-state index is 0.183. The number of anilines is 1. The van der Waals surface area contributed by atoms with Crippen molar-refractivity contribution in [2.75, 3.05) is 18.4 Å². The average molecular weight is 420 g/mol. The lowest BCUT2D eigenvalue weighted by molar-refractivity contribution is -0.123. The first-order valence-electron chi connectivity index (χ1n) is 9.37. The van der Waals surface area contributed by atoms with Crippen LogP contribution < -0.4 is 5.32 Å². The largest absolute Gasteiger partial charge is 0.466 e. The molecule has 1 fully saturated rings. The van der Waals surface area contributed by atoms with Crippen LogP contribution in [0.2, 0.25) is 0 Å². The van der Waals surface area contributed by atoms with E-state index in [2.05, 4.69) is 5.32 Å². The molecule has 0 radical (unpaired) electrons. The number of hydrogen-bond donors (Lipinski definition) is 1. The molecule has 1 N–H and O–H groups in total. The second-order valence-electron chi connectivity index (χ2n) is 7.00. The van der Waals surface area contributed by atoms with E-state index in [1.54, 1.807) is 19.9 Å². The molecule has 0 saturated carbocycles. The van der Waals surface area contributed by atoms with Gasteiger partial charge in [0.1, 0.15) is 17.1 Å². The number of aryl methyl sites for hydroxylation is 2. The lowest BCUT2D eigenvalue weighted by Gasteiger charge is -2.16. The van der Waals surface area contributed by atoms with Crippen LogP contribution in [0.25, 0.3) is 0 Å². The van der Waals surface area contributed by atoms with Crippen LogP contribution in [0.3, 0.4) is 0 Å². The maximum Gasteiger partial charge on any atom is 0.342 e. The van der Waals surface area contributed by atoms with Crippen LogP contribution in [-0.2, 0) is 19.6 Å². The number of hydrogen-bond acceptors (Lipinski definition) is 6. The third-order valence-corrected chi connectivity index (χ3v) is 6.65. The Kier molecular flexibility index (Phi) is 6.09. The SMILES string of the molecule is Cc1cc(C(=O)O[C@H](C)C(=O)Nc2ccc(S(=O)(=O)N3CCCC3)cc2)c(C)o1. The minimum atomic E-state index is -3.51. The molecule has 1 aliphatic heterocycles. The van der Waals surface area contributed by atoms with Crippen molar-refractivity contribution in [1.29, 1.82) is 0 Å². The Labute approximate surface area is 169 Å². The predicted octanol–water partition coefficient (Wildman–Crippen LogP) is 2.86. The molecule has 0 bridgehead atoms. The van der Waals surface area contributed by atoms with Crippen molar-refractivity contribution in [2.24, 2.45) is 0 Å². The molecule has 9 heteroatoms. The number of nitrogens with one attached hydrogen (secondary N) is 1.